The van der Waals surface area contributed by atoms with E-state index in [0.29, 0.717) is 23.0 Å². The van der Waals surface area contributed by atoms with Crippen molar-refractivity contribution in [2.24, 2.45) is 0 Å². The average molecular weight is 775 g/mol. The standard InChI is InChI=1S/C57H34N4/c58-35-36-21-23-37(24-22-36)43-29-31-46-47-32-30-44(34-52(47)57(51(46)33-43)49-19-8-7-17-45(49)48-18-9-15-39-16-10-20-50(57)53(39)48)38-25-27-42(28-26-38)56-60-54(40-11-3-1-4-12-40)59-55(61-56)41-13-5-2-6-14-41/h1-34H. The topological polar surface area (TPSA) is 62.5 Å². The average Bonchev–Trinajstić information content (AvgIpc) is 3.63. The van der Waals surface area contributed by atoms with Gasteiger partial charge in [0.05, 0.1) is 17.0 Å². The van der Waals surface area contributed by atoms with Gasteiger partial charge in [-0.05, 0) is 102 Å². The molecule has 0 aliphatic heterocycles. The summed E-state index contributed by atoms with van der Waals surface area (Å²) in [5.41, 5.74) is 17.4. The zero-order valence-corrected chi connectivity index (χ0v) is 32.9. The molecule has 1 unspecified atom stereocenters. The maximum atomic E-state index is 9.55. The highest BCUT2D eigenvalue weighted by atomic mass is 15.0. The van der Waals surface area contributed by atoms with Gasteiger partial charge in [0.25, 0.3) is 0 Å². The summed E-state index contributed by atoms with van der Waals surface area (Å²) >= 11 is 0. The van der Waals surface area contributed by atoms with Crippen LogP contribution < -0.4 is 0 Å². The molecular weight excluding hydrogens is 741 g/mol. The Morgan fingerprint density at radius 2 is 0.754 bits per heavy atom. The number of rotatable bonds is 5. The van der Waals surface area contributed by atoms with Crippen LogP contribution in [-0.4, -0.2) is 15.0 Å². The van der Waals surface area contributed by atoms with Gasteiger partial charge in [-0.1, -0.05) is 182 Å². The molecule has 12 rings (SSSR count). The van der Waals surface area contributed by atoms with Gasteiger partial charge in [0.2, 0.25) is 0 Å². The van der Waals surface area contributed by atoms with Crippen molar-refractivity contribution in [2.45, 2.75) is 5.41 Å². The molecule has 1 heterocycles. The molecular formula is C57H34N4. The first-order chi connectivity index (χ1) is 30.2. The van der Waals surface area contributed by atoms with E-state index in [9.17, 15) is 5.26 Å². The van der Waals surface area contributed by atoms with E-state index in [-0.39, 0.29) is 0 Å². The van der Waals surface area contributed by atoms with Crippen molar-refractivity contribution in [1.82, 2.24) is 15.0 Å². The van der Waals surface area contributed by atoms with E-state index in [0.717, 1.165) is 38.9 Å². The van der Waals surface area contributed by atoms with Crippen LogP contribution in [0.1, 0.15) is 27.8 Å². The molecule has 4 heteroatoms. The molecule has 61 heavy (non-hydrogen) atoms. The highest BCUT2D eigenvalue weighted by Crippen LogP contribution is 2.62. The Morgan fingerprint density at radius 3 is 1.33 bits per heavy atom. The minimum atomic E-state index is -0.583. The lowest BCUT2D eigenvalue weighted by Crippen LogP contribution is -2.31. The Morgan fingerprint density at radius 1 is 0.328 bits per heavy atom. The highest BCUT2D eigenvalue weighted by molar-refractivity contribution is 6.07. The highest BCUT2D eigenvalue weighted by Gasteiger charge is 2.50. The Hall–Kier alpha value is -8.26. The fraction of sp³-hybridized carbons (Fsp3) is 0.0175. The molecule has 1 aromatic heterocycles. The quantitative estimate of drug-likeness (QED) is 0.175. The molecule has 9 aromatic carbocycles. The molecule has 2 aliphatic rings. The lowest BCUT2D eigenvalue weighted by molar-refractivity contribution is 0.774. The minimum Gasteiger partial charge on any atom is -0.208 e. The van der Waals surface area contributed by atoms with Gasteiger partial charge < -0.3 is 0 Å². The van der Waals surface area contributed by atoms with E-state index in [1.165, 1.54) is 55.3 Å². The SMILES string of the molecule is N#Cc1ccc(-c2ccc3c(c2)C2(c4cc(-c5ccc(-c6nc(-c7ccccc7)nc(-c7ccccc7)n6)cc5)ccc4-3)c3ccccc3-c3cccc4cccc2c34)cc1. The van der Waals surface area contributed by atoms with Crippen LogP contribution in [0.15, 0.2) is 206 Å². The van der Waals surface area contributed by atoms with E-state index in [4.69, 9.17) is 15.0 Å². The molecule has 10 aromatic rings. The maximum absolute atomic E-state index is 9.55. The summed E-state index contributed by atoms with van der Waals surface area (Å²) in [6.07, 6.45) is 0. The van der Waals surface area contributed by atoms with Gasteiger partial charge in [0, 0.05) is 16.7 Å². The predicted molar refractivity (Wildman–Crippen MR) is 246 cm³/mol. The monoisotopic (exact) mass is 774 g/mol. The first kappa shape index (κ1) is 34.8. The molecule has 0 saturated heterocycles. The largest absolute Gasteiger partial charge is 0.208 e. The first-order valence-electron chi connectivity index (χ1n) is 20.6. The third-order valence-electron chi connectivity index (χ3n) is 12.6. The number of fused-ring (bicyclic) bond motifs is 9. The molecule has 0 radical (unpaired) electrons. The molecule has 282 valence electrons. The lowest BCUT2D eigenvalue weighted by atomic mass is 9.61. The summed E-state index contributed by atoms with van der Waals surface area (Å²) in [6, 6.07) is 75.4. The molecule has 0 bridgehead atoms. The third-order valence-corrected chi connectivity index (χ3v) is 12.6. The summed E-state index contributed by atoms with van der Waals surface area (Å²) in [4.78, 5) is 14.9. The summed E-state index contributed by atoms with van der Waals surface area (Å²) in [5, 5.41) is 12.1. The second-order valence-electron chi connectivity index (χ2n) is 15.8. The van der Waals surface area contributed by atoms with E-state index in [2.05, 4.69) is 140 Å². The number of benzene rings is 9. The van der Waals surface area contributed by atoms with Gasteiger partial charge >= 0.3 is 0 Å². The van der Waals surface area contributed by atoms with Crippen molar-refractivity contribution >= 4 is 10.8 Å². The van der Waals surface area contributed by atoms with Crippen LogP contribution >= 0.6 is 0 Å². The van der Waals surface area contributed by atoms with Crippen molar-refractivity contribution in [3.63, 3.8) is 0 Å². The smallest absolute Gasteiger partial charge is 0.164 e. The Balaban J connectivity index is 1.04. The molecule has 0 amide bonds. The van der Waals surface area contributed by atoms with Crippen LogP contribution in [0.3, 0.4) is 0 Å². The first-order valence-corrected chi connectivity index (χ1v) is 20.6. The number of hydrogen-bond acceptors (Lipinski definition) is 4. The Bertz CT molecular complexity index is 3340. The van der Waals surface area contributed by atoms with E-state index < -0.39 is 5.41 Å². The van der Waals surface area contributed by atoms with Gasteiger partial charge in [0.15, 0.2) is 17.5 Å². The van der Waals surface area contributed by atoms with Gasteiger partial charge in [-0.15, -0.1) is 0 Å². The van der Waals surface area contributed by atoms with Crippen LogP contribution in [0, 0.1) is 11.3 Å². The number of nitriles is 1. The van der Waals surface area contributed by atoms with Crippen molar-refractivity contribution < 1.29 is 0 Å². The van der Waals surface area contributed by atoms with Crippen molar-refractivity contribution in [2.75, 3.05) is 0 Å². The van der Waals surface area contributed by atoms with Gasteiger partial charge in [-0.2, -0.15) is 5.26 Å². The van der Waals surface area contributed by atoms with Crippen LogP contribution in [0.5, 0.6) is 0 Å². The summed E-state index contributed by atoms with van der Waals surface area (Å²) < 4.78 is 0. The molecule has 2 aliphatic carbocycles. The van der Waals surface area contributed by atoms with E-state index in [1.54, 1.807) is 0 Å². The zero-order chi connectivity index (χ0) is 40.5. The minimum absolute atomic E-state index is 0.583. The molecule has 0 saturated carbocycles. The summed E-state index contributed by atoms with van der Waals surface area (Å²) in [6.45, 7) is 0. The Kier molecular flexibility index (Phi) is 7.78. The fourth-order valence-electron chi connectivity index (χ4n) is 9.82. The molecule has 0 fully saturated rings. The number of hydrogen-bond donors (Lipinski definition) is 0. The normalized spacial score (nSPS) is 14.3. The maximum Gasteiger partial charge on any atom is 0.164 e. The number of nitrogens with zero attached hydrogens (tertiary/aromatic N) is 4. The van der Waals surface area contributed by atoms with Crippen LogP contribution in [-0.2, 0) is 5.41 Å². The zero-order valence-electron chi connectivity index (χ0n) is 32.9. The van der Waals surface area contributed by atoms with E-state index in [1.807, 2.05) is 72.8 Å². The van der Waals surface area contributed by atoms with Gasteiger partial charge in [0.1, 0.15) is 0 Å². The number of aromatic nitrogens is 3. The third kappa shape index (κ3) is 5.35. The van der Waals surface area contributed by atoms with Crippen LogP contribution in [0.2, 0.25) is 0 Å². The van der Waals surface area contributed by atoms with Crippen molar-refractivity contribution in [3.8, 4) is 84.7 Å². The van der Waals surface area contributed by atoms with Crippen molar-refractivity contribution in [1.29, 1.82) is 5.26 Å². The lowest BCUT2D eigenvalue weighted by Gasteiger charge is -2.40. The van der Waals surface area contributed by atoms with Crippen LogP contribution in [0.4, 0.5) is 0 Å². The van der Waals surface area contributed by atoms with Crippen molar-refractivity contribution in [3.05, 3.63) is 234 Å². The molecule has 4 nitrogen and oxygen atoms in total. The molecule has 1 atom stereocenters. The second-order valence-corrected chi connectivity index (χ2v) is 15.8. The summed E-state index contributed by atoms with van der Waals surface area (Å²) in [7, 11) is 0. The second kappa shape index (κ2) is 13.7. The fourth-order valence-corrected chi connectivity index (χ4v) is 9.82. The summed E-state index contributed by atoms with van der Waals surface area (Å²) in [5.74, 6) is 1.92. The van der Waals surface area contributed by atoms with Gasteiger partial charge in [-0.3, -0.25) is 0 Å². The predicted octanol–water partition coefficient (Wildman–Crippen LogP) is 13.6. The Labute approximate surface area is 353 Å². The van der Waals surface area contributed by atoms with Crippen LogP contribution in [0.25, 0.3) is 89.4 Å². The molecule has 1 spiro atoms. The van der Waals surface area contributed by atoms with E-state index >= 15 is 0 Å². The molecule has 0 N–H and O–H groups in total. The van der Waals surface area contributed by atoms with Gasteiger partial charge in [-0.25, -0.2) is 15.0 Å².